The third-order valence-corrected chi connectivity index (χ3v) is 3.77. The molecule has 0 saturated carbocycles. The lowest BCUT2D eigenvalue weighted by molar-refractivity contribution is 0.122. The summed E-state index contributed by atoms with van der Waals surface area (Å²) in [6.45, 7) is 4.09. The summed E-state index contributed by atoms with van der Waals surface area (Å²) >= 11 is 3.42. The van der Waals surface area contributed by atoms with Gasteiger partial charge in [0.05, 0.1) is 25.1 Å². The number of nitrogens with zero attached hydrogens (tertiary/aromatic N) is 3. The predicted octanol–water partition coefficient (Wildman–Crippen LogP) is 2.69. The van der Waals surface area contributed by atoms with Gasteiger partial charge in [0, 0.05) is 36.5 Å². The van der Waals surface area contributed by atoms with Crippen LogP contribution in [0.1, 0.15) is 5.56 Å². The highest BCUT2D eigenvalue weighted by molar-refractivity contribution is 9.10. The third-order valence-electron chi connectivity index (χ3n) is 3.34. The Morgan fingerprint density at radius 3 is 2.76 bits per heavy atom. The minimum atomic E-state index is 0.727. The summed E-state index contributed by atoms with van der Waals surface area (Å²) in [5.41, 5.74) is 2.13. The molecule has 6 heteroatoms. The maximum Gasteiger partial charge on any atom is 0.128 e. The van der Waals surface area contributed by atoms with Gasteiger partial charge < -0.3 is 15.0 Å². The van der Waals surface area contributed by atoms with Crippen molar-refractivity contribution in [3.05, 3.63) is 46.8 Å². The largest absolute Gasteiger partial charge is 0.380 e. The molecule has 1 fully saturated rings. The number of morpholine rings is 1. The van der Waals surface area contributed by atoms with E-state index in [2.05, 4.69) is 48.2 Å². The molecule has 0 radical (unpaired) electrons. The first-order valence-electron chi connectivity index (χ1n) is 6.93. The standard InChI is InChI=1S/C15H17BrN4O/c16-13-7-12(8-17-10-13)9-18-14-1-2-15(19-11-14)20-3-5-21-6-4-20/h1-2,7-8,10-11,18H,3-6,9H2. The van der Waals surface area contributed by atoms with Crippen LogP contribution in [0.5, 0.6) is 0 Å². The van der Waals surface area contributed by atoms with Crippen LogP contribution in [0.15, 0.2) is 41.3 Å². The number of hydrogen-bond donors (Lipinski definition) is 1. The zero-order valence-electron chi connectivity index (χ0n) is 11.6. The van der Waals surface area contributed by atoms with Crippen molar-refractivity contribution >= 4 is 27.4 Å². The molecule has 0 atom stereocenters. The van der Waals surface area contributed by atoms with Gasteiger partial charge in [0.15, 0.2) is 0 Å². The smallest absolute Gasteiger partial charge is 0.128 e. The van der Waals surface area contributed by atoms with E-state index in [1.165, 1.54) is 0 Å². The third kappa shape index (κ3) is 3.92. The summed E-state index contributed by atoms with van der Waals surface area (Å²) < 4.78 is 6.34. The van der Waals surface area contributed by atoms with Gasteiger partial charge in [-0.05, 0) is 39.7 Å². The van der Waals surface area contributed by atoms with Crippen molar-refractivity contribution in [3.8, 4) is 0 Å². The van der Waals surface area contributed by atoms with Gasteiger partial charge in [-0.1, -0.05) is 0 Å². The minimum Gasteiger partial charge on any atom is -0.380 e. The van der Waals surface area contributed by atoms with Gasteiger partial charge in [-0.15, -0.1) is 0 Å². The second kappa shape index (κ2) is 6.87. The fraction of sp³-hybridized carbons (Fsp3) is 0.333. The Labute approximate surface area is 132 Å². The molecule has 5 nitrogen and oxygen atoms in total. The van der Waals surface area contributed by atoms with Gasteiger partial charge in [0.2, 0.25) is 0 Å². The van der Waals surface area contributed by atoms with Crippen molar-refractivity contribution in [2.75, 3.05) is 36.5 Å². The minimum absolute atomic E-state index is 0.727. The zero-order valence-corrected chi connectivity index (χ0v) is 13.2. The number of hydrogen-bond acceptors (Lipinski definition) is 5. The number of halogens is 1. The van der Waals surface area contributed by atoms with Crippen LogP contribution in [-0.2, 0) is 11.3 Å². The summed E-state index contributed by atoms with van der Waals surface area (Å²) in [5.74, 6) is 1.01. The van der Waals surface area contributed by atoms with E-state index in [9.17, 15) is 0 Å². The number of anilines is 2. The van der Waals surface area contributed by atoms with Gasteiger partial charge in [-0.3, -0.25) is 4.98 Å². The summed E-state index contributed by atoms with van der Waals surface area (Å²) in [5, 5.41) is 3.35. The average molecular weight is 349 g/mol. The lowest BCUT2D eigenvalue weighted by Crippen LogP contribution is -2.36. The predicted molar refractivity (Wildman–Crippen MR) is 86.5 cm³/mol. The maximum absolute atomic E-state index is 5.35. The van der Waals surface area contributed by atoms with E-state index < -0.39 is 0 Å². The summed E-state index contributed by atoms with van der Waals surface area (Å²) in [6.07, 6.45) is 5.51. The summed E-state index contributed by atoms with van der Waals surface area (Å²) in [6, 6.07) is 6.16. The number of ether oxygens (including phenoxy) is 1. The molecule has 0 unspecified atom stereocenters. The molecule has 0 amide bonds. The number of pyridine rings is 2. The van der Waals surface area contributed by atoms with Crippen LogP contribution < -0.4 is 10.2 Å². The Balaban J connectivity index is 1.59. The van der Waals surface area contributed by atoms with Crippen LogP contribution in [0.25, 0.3) is 0 Å². The quantitative estimate of drug-likeness (QED) is 0.920. The van der Waals surface area contributed by atoms with Crippen LogP contribution in [-0.4, -0.2) is 36.3 Å². The van der Waals surface area contributed by atoms with Gasteiger partial charge in [0.1, 0.15) is 5.82 Å². The molecule has 0 aliphatic carbocycles. The Hall–Kier alpha value is -1.66. The lowest BCUT2D eigenvalue weighted by atomic mass is 10.3. The molecule has 0 spiro atoms. The van der Waals surface area contributed by atoms with Crippen LogP contribution in [0, 0.1) is 0 Å². The normalized spacial score (nSPS) is 15.0. The summed E-state index contributed by atoms with van der Waals surface area (Å²) in [4.78, 5) is 10.9. The van der Waals surface area contributed by atoms with Crippen molar-refractivity contribution in [1.82, 2.24) is 9.97 Å². The van der Waals surface area contributed by atoms with Crippen LogP contribution in [0.3, 0.4) is 0 Å². The molecule has 110 valence electrons. The molecule has 1 saturated heterocycles. The van der Waals surface area contributed by atoms with E-state index in [1.54, 1.807) is 6.20 Å². The van der Waals surface area contributed by atoms with E-state index in [4.69, 9.17) is 4.74 Å². The monoisotopic (exact) mass is 348 g/mol. The summed E-state index contributed by atoms with van der Waals surface area (Å²) in [7, 11) is 0. The molecule has 0 bridgehead atoms. The lowest BCUT2D eigenvalue weighted by Gasteiger charge is -2.27. The van der Waals surface area contributed by atoms with Crippen molar-refractivity contribution in [2.45, 2.75) is 6.54 Å². The first-order chi connectivity index (χ1) is 10.3. The molecule has 3 heterocycles. The van der Waals surface area contributed by atoms with E-state index in [1.807, 2.05) is 18.5 Å². The Kier molecular flexibility index (Phi) is 4.67. The molecular formula is C15H17BrN4O. The van der Waals surface area contributed by atoms with E-state index in [0.717, 1.165) is 54.4 Å². The van der Waals surface area contributed by atoms with Gasteiger partial charge in [-0.25, -0.2) is 4.98 Å². The number of aromatic nitrogens is 2. The molecule has 1 N–H and O–H groups in total. The van der Waals surface area contributed by atoms with Gasteiger partial charge in [-0.2, -0.15) is 0 Å². The van der Waals surface area contributed by atoms with Gasteiger partial charge in [0.25, 0.3) is 0 Å². The molecule has 0 aromatic carbocycles. The Morgan fingerprint density at radius 2 is 2.05 bits per heavy atom. The molecule has 2 aromatic rings. The highest BCUT2D eigenvalue weighted by atomic mass is 79.9. The fourth-order valence-corrected chi connectivity index (χ4v) is 2.64. The average Bonchev–Trinajstić information content (AvgIpc) is 2.54. The Bertz CT molecular complexity index is 584. The van der Waals surface area contributed by atoms with Crippen LogP contribution >= 0.6 is 15.9 Å². The first kappa shape index (κ1) is 14.3. The molecule has 1 aliphatic heterocycles. The van der Waals surface area contributed by atoms with Crippen LogP contribution in [0.2, 0.25) is 0 Å². The fourth-order valence-electron chi connectivity index (χ4n) is 2.23. The van der Waals surface area contributed by atoms with E-state index in [0.29, 0.717) is 0 Å². The van der Waals surface area contributed by atoms with Gasteiger partial charge >= 0.3 is 0 Å². The van der Waals surface area contributed by atoms with Crippen molar-refractivity contribution in [1.29, 1.82) is 0 Å². The zero-order chi connectivity index (χ0) is 14.5. The second-order valence-electron chi connectivity index (χ2n) is 4.87. The van der Waals surface area contributed by atoms with Crippen molar-refractivity contribution in [2.24, 2.45) is 0 Å². The van der Waals surface area contributed by atoms with Crippen LogP contribution in [0.4, 0.5) is 11.5 Å². The number of nitrogens with one attached hydrogen (secondary N) is 1. The molecule has 3 rings (SSSR count). The SMILES string of the molecule is Brc1cncc(CNc2ccc(N3CCOCC3)nc2)c1. The topological polar surface area (TPSA) is 50.3 Å². The molecular weight excluding hydrogens is 332 g/mol. The van der Waals surface area contributed by atoms with E-state index >= 15 is 0 Å². The molecule has 2 aromatic heterocycles. The number of rotatable bonds is 4. The van der Waals surface area contributed by atoms with E-state index in [-0.39, 0.29) is 0 Å². The highest BCUT2D eigenvalue weighted by Gasteiger charge is 2.11. The molecule has 21 heavy (non-hydrogen) atoms. The second-order valence-corrected chi connectivity index (χ2v) is 5.79. The molecule has 1 aliphatic rings. The highest BCUT2D eigenvalue weighted by Crippen LogP contribution is 2.16. The van der Waals surface area contributed by atoms with Crippen molar-refractivity contribution < 1.29 is 4.74 Å². The van der Waals surface area contributed by atoms with Crippen molar-refractivity contribution in [3.63, 3.8) is 0 Å². The Morgan fingerprint density at radius 1 is 1.19 bits per heavy atom. The first-order valence-corrected chi connectivity index (χ1v) is 7.72. The maximum atomic E-state index is 5.35.